The minimum Gasteiger partial charge on any atom is -0.405 e. The van der Waals surface area contributed by atoms with E-state index in [1.807, 2.05) is 0 Å². The second-order valence-corrected chi connectivity index (χ2v) is 4.10. The fourth-order valence-corrected chi connectivity index (χ4v) is 2.30. The lowest BCUT2D eigenvalue weighted by atomic mass is 10.4. The largest absolute Gasteiger partial charge is 0.405 e. The zero-order chi connectivity index (χ0) is 9.90. The minimum absolute atomic E-state index is 0.368. The summed E-state index contributed by atoms with van der Waals surface area (Å²) in [6.45, 7) is 0.758. The quantitative estimate of drug-likeness (QED) is 0.472. The molecule has 1 aliphatic heterocycles. The van der Waals surface area contributed by atoms with E-state index >= 15 is 0 Å². The standard InChI is InChI=1S/C6H12N4O2S/c7-2-1-6(5-8)10-4-3-9-13(10,11)12/h1-2,5,9H,3-4,7-8H2/b2-1-,6-5+. The number of hydrogen-bond donors (Lipinski definition) is 3. The zero-order valence-corrected chi connectivity index (χ0v) is 7.79. The van der Waals surface area contributed by atoms with E-state index in [4.69, 9.17) is 11.5 Å². The smallest absolute Gasteiger partial charge is 0.301 e. The van der Waals surface area contributed by atoms with Gasteiger partial charge < -0.3 is 11.5 Å². The van der Waals surface area contributed by atoms with Crippen LogP contribution in [0, 0.1) is 0 Å². The Morgan fingerprint density at radius 3 is 2.54 bits per heavy atom. The molecule has 0 aromatic heterocycles. The molecular weight excluding hydrogens is 192 g/mol. The molecule has 0 bridgehead atoms. The Hall–Kier alpha value is -1.21. The molecule has 0 aliphatic carbocycles. The van der Waals surface area contributed by atoms with E-state index < -0.39 is 10.2 Å². The van der Waals surface area contributed by atoms with Gasteiger partial charge in [0.25, 0.3) is 0 Å². The van der Waals surface area contributed by atoms with E-state index in [-0.39, 0.29) is 0 Å². The molecule has 1 heterocycles. The van der Waals surface area contributed by atoms with Gasteiger partial charge in [0.15, 0.2) is 0 Å². The van der Waals surface area contributed by atoms with Crippen molar-refractivity contribution in [3.05, 3.63) is 24.2 Å². The number of hydrogen-bond acceptors (Lipinski definition) is 4. The molecule has 74 valence electrons. The first-order valence-corrected chi connectivity index (χ1v) is 5.13. The Morgan fingerprint density at radius 2 is 2.15 bits per heavy atom. The van der Waals surface area contributed by atoms with Crippen molar-refractivity contribution in [2.24, 2.45) is 11.5 Å². The van der Waals surface area contributed by atoms with Gasteiger partial charge in [0.1, 0.15) is 0 Å². The van der Waals surface area contributed by atoms with Crippen molar-refractivity contribution >= 4 is 10.2 Å². The molecule has 0 aromatic carbocycles. The number of nitrogens with one attached hydrogen (secondary N) is 1. The van der Waals surface area contributed by atoms with Gasteiger partial charge in [-0.25, -0.2) is 0 Å². The van der Waals surface area contributed by atoms with Crippen LogP contribution in [-0.2, 0) is 10.2 Å². The first kappa shape index (κ1) is 9.87. The number of allylic oxidation sites excluding steroid dienone is 1. The summed E-state index contributed by atoms with van der Waals surface area (Å²) in [6, 6.07) is 0. The van der Waals surface area contributed by atoms with E-state index in [2.05, 4.69) is 4.72 Å². The zero-order valence-electron chi connectivity index (χ0n) is 6.97. The SMILES string of the molecule is N/C=C\C(=C/N)N1CCNS1(=O)=O. The number of rotatable bonds is 2. The molecule has 1 fully saturated rings. The van der Waals surface area contributed by atoms with Gasteiger partial charge in [-0.3, -0.25) is 4.31 Å². The highest BCUT2D eigenvalue weighted by Crippen LogP contribution is 2.13. The fourth-order valence-electron chi connectivity index (χ4n) is 1.06. The third-order valence-corrected chi connectivity index (χ3v) is 3.16. The summed E-state index contributed by atoms with van der Waals surface area (Å²) in [7, 11) is -3.39. The average Bonchev–Trinajstić information content (AvgIpc) is 2.41. The summed E-state index contributed by atoms with van der Waals surface area (Å²) in [6.07, 6.45) is 3.88. The summed E-state index contributed by atoms with van der Waals surface area (Å²) in [5.41, 5.74) is 10.8. The second-order valence-electron chi connectivity index (χ2n) is 2.42. The van der Waals surface area contributed by atoms with Crippen molar-refractivity contribution in [1.29, 1.82) is 0 Å². The highest BCUT2D eigenvalue weighted by Gasteiger charge is 2.28. The lowest BCUT2D eigenvalue weighted by Crippen LogP contribution is -2.28. The summed E-state index contributed by atoms with van der Waals surface area (Å²) < 4.78 is 26.1. The van der Waals surface area contributed by atoms with Gasteiger partial charge in [-0.15, -0.1) is 0 Å². The van der Waals surface area contributed by atoms with Crippen molar-refractivity contribution in [3.8, 4) is 0 Å². The first-order chi connectivity index (χ1) is 6.11. The fraction of sp³-hybridized carbons (Fsp3) is 0.333. The molecule has 0 spiro atoms. The van der Waals surface area contributed by atoms with Crippen molar-refractivity contribution < 1.29 is 8.42 Å². The van der Waals surface area contributed by atoms with Crippen LogP contribution in [0.1, 0.15) is 0 Å². The Morgan fingerprint density at radius 1 is 1.46 bits per heavy atom. The van der Waals surface area contributed by atoms with Crippen LogP contribution in [0.2, 0.25) is 0 Å². The highest BCUT2D eigenvalue weighted by molar-refractivity contribution is 7.87. The Balaban J connectivity index is 2.94. The Kier molecular flexibility index (Phi) is 2.79. The molecule has 0 atom stereocenters. The summed E-state index contributed by atoms with van der Waals surface area (Å²) >= 11 is 0. The topological polar surface area (TPSA) is 101 Å². The van der Waals surface area contributed by atoms with Gasteiger partial charge in [0, 0.05) is 19.3 Å². The summed E-state index contributed by atoms with van der Waals surface area (Å²) in [5.74, 6) is 0. The van der Waals surface area contributed by atoms with E-state index in [9.17, 15) is 8.42 Å². The van der Waals surface area contributed by atoms with Crippen LogP contribution in [0.15, 0.2) is 24.2 Å². The second kappa shape index (κ2) is 3.67. The molecule has 6 nitrogen and oxygen atoms in total. The lowest BCUT2D eigenvalue weighted by Gasteiger charge is -2.15. The highest BCUT2D eigenvalue weighted by atomic mass is 32.2. The van der Waals surface area contributed by atoms with Gasteiger partial charge in [-0.2, -0.15) is 13.1 Å². The van der Waals surface area contributed by atoms with Gasteiger partial charge in [0.2, 0.25) is 0 Å². The average molecular weight is 204 g/mol. The van der Waals surface area contributed by atoms with Crippen LogP contribution < -0.4 is 16.2 Å². The Labute approximate surface area is 77.1 Å². The normalized spacial score (nSPS) is 22.8. The molecule has 1 rings (SSSR count). The molecular formula is C6H12N4O2S. The van der Waals surface area contributed by atoms with Crippen molar-refractivity contribution in [2.45, 2.75) is 0 Å². The molecule has 13 heavy (non-hydrogen) atoms. The van der Waals surface area contributed by atoms with Crippen LogP contribution in [0.25, 0.3) is 0 Å². The maximum absolute atomic E-state index is 11.3. The van der Waals surface area contributed by atoms with Crippen molar-refractivity contribution in [1.82, 2.24) is 9.03 Å². The molecule has 7 heteroatoms. The van der Waals surface area contributed by atoms with E-state index in [1.54, 1.807) is 0 Å². The molecule has 0 aromatic rings. The molecule has 5 N–H and O–H groups in total. The maximum Gasteiger partial charge on any atom is 0.301 e. The number of nitrogens with two attached hydrogens (primary N) is 2. The molecule has 1 aliphatic rings. The van der Waals surface area contributed by atoms with Crippen molar-refractivity contribution in [2.75, 3.05) is 13.1 Å². The molecule has 1 saturated heterocycles. The van der Waals surface area contributed by atoms with Crippen LogP contribution >= 0.6 is 0 Å². The molecule has 0 saturated carbocycles. The Bertz CT molecular complexity index is 333. The monoisotopic (exact) mass is 204 g/mol. The molecule has 0 unspecified atom stereocenters. The van der Waals surface area contributed by atoms with Crippen LogP contribution in [0.3, 0.4) is 0 Å². The van der Waals surface area contributed by atoms with Crippen molar-refractivity contribution in [3.63, 3.8) is 0 Å². The van der Waals surface area contributed by atoms with E-state index in [0.29, 0.717) is 18.8 Å². The van der Waals surface area contributed by atoms with Crippen LogP contribution in [0.4, 0.5) is 0 Å². The third-order valence-electron chi connectivity index (χ3n) is 1.62. The van der Waals surface area contributed by atoms with Gasteiger partial charge in [-0.05, 0) is 12.3 Å². The van der Waals surface area contributed by atoms with E-state index in [0.717, 1.165) is 4.31 Å². The summed E-state index contributed by atoms with van der Waals surface area (Å²) in [5, 5.41) is 0. The van der Waals surface area contributed by atoms with Crippen LogP contribution in [-0.4, -0.2) is 25.8 Å². The first-order valence-electron chi connectivity index (χ1n) is 3.69. The maximum atomic E-state index is 11.3. The third kappa shape index (κ3) is 1.93. The summed E-state index contributed by atoms with van der Waals surface area (Å²) in [4.78, 5) is 0. The van der Waals surface area contributed by atoms with Gasteiger partial charge in [0.05, 0.1) is 5.70 Å². The molecule has 0 amide bonds. The van der Waals surface area contributed by atoms with Gasteiger partial charge in [-0.1, -0.05) is 0 Å². The lowest BCUT2D eigenvalue weighted by molar-refractivity contribution is 0.521. The van der Waals surface area contributed by atoms with E-state index in [1.165, 1.54) is 18.5 Å². The predicted octanol–water partition coefficient (Wildman–Crippen LogP) is -1.59. The molecule has 0 radical (unpaired) electrons. The number of nitrogens with zero attached hydrogens (tertiary/aromatic N) is 1. The van der Waals surface area contributed by atoms with Gasteiger partial charge >= 0.3 is 10.2 Å². The minimum atomic E-state index is -3.39. The van der Waals surface area contributed by atoms with Crippen LogP contribution in [0.5, 0.6) is 0 Å². The predicted molar refractivity (Wildman–Crippen MR) is 49.2 cm³/mol.